The van der Waals surface area contributed by atoms with Gasteiger partial charge < -0.3 is 15.4 Å². The van der Waals surface area contributed by atoms with Gasteiger partial charge in [-0.2, -0.15) is 0 Å². The Kier molecular flexibility index (Phi) is 4.32. The Morgan fingerprint density at radius 3 is 2.75 bits per heavy atom. The summed E-state index contributed by atoms with van der Waals surface area (Å²) in [6, 6.07) is 10.9. The van der Waals surface area contributed by atoms with E-state index in [1.165, 1.54) is 7.11 Å². The Labute approximate surface area is 118 Å². The van der Waals surface area contributed by atoms with Gasteiger partial charge in [-0.15, -0.1) is 0 Å². The van der Waals surface area contributed by atoms with Crippen molar-refractivity contribution in [1.29, 1.82) is 0 Å². The summed E-state index contributed by atoms with van der Waals surface area (Å²) in [7, 11) is 3.20. The molecule has 0 saturated carbocycles. The molecule has 1 heterocycles. The zero-order chi connectivity index (χ0) is 14.5. The van der Waals surface area contributed by atoms with Crippen molar-refractivity contribution in [3.8, 4) is 5.88 Å². The van der Waals surface area contributed by atoms with Crippen LogP contribution in [0.2, 0.25) is 0 Å². The number of anilines is 1. The summed E-state index contributed by atoms with van der Waals surface area (Å²) in [6.07, 6.45) is 1.59. The van der Waals surface area contributed by atoms with Gasteiger partial charge in [-0.1, -0.05) is 18.2 Å². The zero-order valence-corrected chi connectivity index (χ0v) is 11.5. The van der Waals surface area contributed by atoms with Crippen molar-refractivity contribution < 1.29 is 9.53 Å². The number of hydrogen-bond donors (Lipinski definition) is 1. The van der Waals surface area contributed by atoms with Crippen LogP contribution in [0.3, 0.4) is 0 Å². The van der Waals surface area contributed by atoms with Crippen molar-refractivity contribution in [1.82, 2.24) is 4.98 Å². The third kappa shape index (κ3) is 2.62. The van der Waals surface area contributed by atoms with Gasteiger partial charge in [0.2, 0.25) is 5.88 Å². The second-order valence-electron chi connectivity index (χ2n) is 4.26. The molecule has 0 aliphatic rings. The van der Waals surface area contributed by atoms with Crippen LogP contribution in [-0.2, 0) is 6.54 Å². The number of ether oxygens (including phenoxy) is 1. The van der Waals surface area contributed by atoms with E-state index in [0.717, 1.165) is 11.3 Å². The second-order valence-corrected chi connectivity index (χ2v) is 4.26. The maximum absolute atomic E-state index is 12.6. The SMILES string of the molecule is COc1ncccc1C(=O)N(C)c1ccccc1CN. The molecular formula is C15H17N3O2. The van der Waals surface area contributed by atoms with Crippen molar-refractivity contribution in [2.75, 3.05) is 19.1 Å². The summed E-state index contributed by atoms with van der Waals surface area (Å²) in [6.45, 7) is 0.373. The summed E-state index contributed by atoms with van der Waals surface area (Å²) in [5.41, 5.74) is 7.82. The molecule has 0 spiro atoms. The monoisotopic (exact) mass is 271 g/mol. The van der Waals surface area contributed by atoms with E-state index in [4.69, 9.17) is 10.5 Å². The number of rotatable bonds is 4. The summed E-state index contributed by atoms with van der Waals surface area (Å²) in [4.78, 5) is 18.2. The highest BCUT2D eigenvalue weighted by Crippen LogP contribution is 2.23. The molecule has 0 unspecified atom stereocenters. The van der Waals surface area contributed by atoms with Gasteiger partial charge in [0.25, 0.3) is 5.91 Å². The number of carbonyl (C=O) groups excluding carboxylic acids is 1. The highest BCUT2D eigenvalue weighted by Gasteiger charge is 2.19. The molecule has 104 valence electrons. The average molecular weight is 271 g/mol. The average Bonchev–Trinajstić information content (AvgIpc) is 2.53. The zero-order valence-electron chi connectivity index (χ0n) is 11.5. The molecule has 2 aromatic rings. The Bertz CT molecular complexity index is 614. The first-order chi connectivity index (χ1) is 9.69. The molecule has 5 nitrogen and oxygen atoms in total. The Morgan fingerprint density at radius 1 is 1.30 bits per heavy atom. The summed E-state index contributed by atoms with van der Waals surface area (Å²) >= 11 is 0. The molecule has 2 N–H and O–H groups in total. The molecule has 1 amide bonds. The minimum Gasteiger partial charge on any atom is -0.480 e. The molecule has 0 bridgehead atoms. The number of para-hydroxylation sites is 1. The largest absolute Gasteiger partial charge is 0.480 e. The number of nitrogens with two attached hydrogens (primary N) is 1. The van der Waals surface area contributed by atoms with Crippen LogP contribution < -0.4 is 15.4 Å². The van der Waals surface area contributed by atoms with Gasteiger partial charge in [0.05, 0.1) is 7.11 Å². The van der Waals surface area contributed by atoms with E-state index < -0.39 is 0 Å². The first-order valence-corrected chi connectivity index (χ1v) is 6.24. The lowest BCUT2D eigenvalue weighted by Gasteiger charge is -2.20. The maximum atomic E-state index is 12.6. The number of aromatic nitrogens is 1. The third-order valence-electron chi connectivity index (χ3n) is 3.07. The number of amides is 1. The standard InChI is InChI=1S/C15H17N3O2/c1-18(13-8-4-3-6-11(13)10-16)15(19)12-7-5-9-17-14(12)20-2/h3-9H,10,16H2,1-2H3. The number of methoxy groups -OCH3 is 1. The van der Waals surface area contributed by atoms with Gasteiger partial charge in [0.1, 0.15) is 5.56 Å². The van der Waals surface area contributed by atoms with Crippen molar-refractivity contribution in [3.05, 3.63) is 53.7 Å². The Morgan fingerprint density at radius 2 is 2.05 bits per heavy atom. The summed E-state index contributed by atoms with van der Waals surface area (Å²) in [5.74, 6) is 0.130. The number of hydrogen-bond acceptors (Lipinski definition) is 4. The number of nitrogens with zero attached hydrogens (tertiary/aromatic N) is 2. The fourth-order valence-electron chi connectivity index (χ4n) is 2.02. The highest BCUT2D eigenvalue weighted by molar-refractivity contribution is 6.07. The smallest absolute Gasteiger partial charge is 0.263 e. The van der Waals surface area contributed by atoms with Crippen LogP contribution in [0, 0.1) is 0 Å². The first kappa shape index (κ1) is 14.0. The van der Waals surface area contributed by atoms with Gasteiger partial charge in [-0.05, 0) is 23.8 Å². The van der Waals surface area contributed by atoms with Crippen LogP contribution >= 0.6 is 0 Å². The topological polar surface area (TPSA) is 68.5 Å². The number of benzene rings is 1. The second kappa shape index (κ2) is 6.16. The van der Waals surface area contributed by atoms with Crippen LogP contribution in [0.15, 0.2) is 42.6 Å². The Balaban J connectivity index is 2.38. The minimum atomic E-state index is -0.184. The third-order valence-corrected chi connectivity index (χ3v) is 3.07. The van der Waals surface area contributed by atoms with Crippen LogP contribution in [-0.4, -0.2) is 25.0 Å². The lowest BCUT2D eigenvalue weighted by Crippen LogP contribution is -2.28. The molecular weight excluding hydrogens is 254 g/mol. The molecule has 0 fully saturated rings. The van der Waals surface area contributed by atoms with Gasteiger partial charge in [-0.3, -0.25) is 4.79 Å². The molecule has 0 aliphatic carbocycles. The van der Waals surface area contributed by atoms with E-state index in [9.17, 15) is 4.79 Å². The maximum Gasteiger partial charge on any atom is 0.263 e. The number of pyridine rings is 1. The van der Waals surface area contributed by atoms with Crippen molar-refractivity contribution in [3.63, 3.8) is 0 Å². The molecule has 1 aromatic heterocycles. The lowest BCUT2D eigenvalue weighted by atomic mass is 10.1. The van der Waals surface area contributed by atoms with Crippen molar-refractivity contribution in [2.45, 2.75) is 6.54 Å². The molecule has 2 rings (SSSR count). The van der Waals surface area contributed by atoms with Gasteiger partial charge in [0.15, 0.2) is 0 Å². The minimum absolute atomic E-state index is 0.184. The predicted octanol–water partition coefficient (Wildman–Crippen LogP) is 1.83. The molecule has 0 radical (unpaired) electrons. The van der Waals surface area contributed by atoms with Gasteiger partial charge in [0, 0.05) is 25.5 Å². The van der Waals surface area contributed by atoms with E-state index in [-0.39, 0.29) is 5.91 Å². The molecule has 1 aromatic carbocycles. The van der Waals surface area contributed by atoms with Crippen LogP contribution in [0.5, 0.6) is 5.88 Å². The predicted molar refractivity (Wildman–Crippen MR) is 77.9 cm³/mol. The van der Waals surface area contributed by atoms with E-state index in [0.29, 0.717) is 18.0 Å². The summed E-state index contributed by atoms with van der Waals surface area (Å²) in [5, 5.41) is 0. The van der Waals surface area contributed by atoms with E-state index in [1.54, 1.807) is 30.3 Å². The molecule has 0 atom stereocenters. The van der Waals surface area contributed by atoms with E-state index in [2.05, 4.69) is 4.98 Å². The van der Waals surface area contributed by atoms with Crippen molar-refractivity contribution in [2.24, 2.45) is 5.73 Å². The van der Waals surface area contributed by atoms with Gasteiger partial charge >= 0.3 is 0 Å². The fourth-order valence-corrected chi connectivity index (χ4v) is 2.02. The normalized spacial score (nSPS) is 10.2. The number of carbonyl (C=O) groups is 1. The lowest BCUT2D eigenvalue weighted by molar-refractivity contribution is 0.0989. The van der Waals surface area contributed by atoms with Crippen LogP contribution in [0.25, 0.3) is 0 Å². The summed E-state index contributed by atoms with van der Waals surface area (Å²) < 4.78 is 5.13. The van der Waals surface area contributed by atoms with Crippen molar-refractivity contribution >= 4 is 11.6 Å². The van der Waals surface area contributed by atoms with E-state index >= 15 is 0 Å². The Hall–Kier alpha value is -2.40. The fraction of sp³-hybridized carbons (Fsp3) is 0.200. The van der Waals surface area contributed by atoms with Crippen LogP contribution in [0.1, 0.15) is 15.9 Å². The van der Waals surface area contributed by atoms with Crippen LogP contribution in [0.4, 0.5) is 5.69 Å². The van der Waals surface area contributed by atoms with Gasteiger partial charge in [-0.25, -0.2) is 4.98 Å². The van der Waals surface area contributed by atoms with E-state index in [1.807, 2.05) is 24.3 Å². The molecule has 0 aliphatic heterocycles. The molecule has 0 saturated heterocycles. The quantitative estimate of drug-likeness (QED) is 0.921. The molecule has 5 heteroatoms. The first-order valence-electron chi connectivity index (χ1n) is 6.24. The molecule has 20 heavy (non-hydrogen) atoms. The highest BCUT2D eigenvalue weighted by atomic mass is 16.5.